The van der Waals surface area contributed by atoms with E-state index in [1.807, 2.05) is 0 Å². The topological polar surface area (TPSA) is 60.4 Å². The van der Waals surface area contributed by atoms with Crippen molar-refractivity contribution < 1.29 is 44.3 Å². The van der Waals surface area contributed by atoms with E-state index < -0.39 is 11.9 Å². The van der Waals surface area contributed by atoms with Crippen LogP contribution in [-0.2, 0) is 9.59 Å². The number of carboxylic acid groups (broad SMARTS) is 1. The molecule has 28 heavy (non-hydrogen) atoms. The average Bonchev–Trinajstić information content (AvgIpc) is 3.02. The second-order valence-corrected chi connectivity index (χ2v) is 8.00. The zero-order valence-electron chi connectivity index (χ0n) is 18.4. The predicted molar refractivity (Wildman–Crippen MR) is 109 cm³/mol. The maximum absolute atomic E-state index is 11.7. The van der Waals surface area contributed by atoms with Crippen LogP contribution in [0, 0.1) is 5.92 Å². The van der Waals surface area contributed by atoms with Crippen LogP contribution in [0.15, 0.2) is 12.2 Å². The number of unbranched alkanes of at least 4 members (excludes halogenated alkanes) is 12. The van der Waals surface area contributed by atoms with E-state index in [0.717, 1.165) is 12.8 Å². The van der Waals surface area contributed by atoms with E-state index in [4.69, 9.17) is 0 Å². The number of likely N-dealkylation sites (tertiary alicyclic amines) is 1. The van der Waals surface area contributed by atoms with Gasteiger partial charge in [0.25, 0.3) is 0 Å². The molecule has 0 aliphatic carbocycles. The van der Waals surface area contributed by atoms with E-state index in [0.29, 0.717) is 13.1 Å². The van der Waals surface area contributed by atoms with Gasteiger partial charge in [0.15, 0.2) is 0 Å². The summed E-state index contributed by atoms with van der Waals surface area (Å²) in [6, 6.07) is 0. The maximum atomic E-state index is 11.7. The molecule has 1 aliphatic heterocycles. The van der Waals surface area contributed by atoms with Gasteiger partial charge in [-0.2, -0.15) is 0 Å². The van der Waals surface area contributed by atoms with Gasteiger partial charge in [-0.15, -0.1) is 0 Å². The second-order valence-electron chi connectivity index (χ2n) is 8.00. The minimum absolute atomic E-state index is 0. The van der Waals surface area contributed by atoms with Gasteiger partial charge < -0.3 is 14.8 Å². The van der Waals surface area contributed by atoms with E-state index >= 15 is 0 Å². The molecule has 156 valence electrons. The smallest absolute Gasteiger partial charge is 0.550 e. The Hall–Kier alpha value is -0.320. The van der Waals surface area contributed by atoms with Gasteiger partial charge in [-0.05, 0) is 32.1 Å². The van der Waals surface area contributed by atoms with Gasteiger partial charge in [-0.1, -0.05) is 76.9 Å². The van der Waals surface area contributed by atoms with Crippen molar-refractivity contribution in [3.63, 3.8) is 0 Å². The van der Waals surface area contributed by atoms with Crippen LogP contribution < -0.4 is 34.7 Å². The summed E-state index contributed by atoms with van der Waals surface area (Å²) in [5.41, 5.74) is 0. The van der Waals surface area contributed by atoms with Crippen LogP contribution in [0.2, 0.25) is 0 Å². The molecule has 4 nitrogen and oxygen atoms in total. The predicted octanol–water partition coefficient (Wildman–Crippen LogP) is 1.63. The minimum atomic E-state index is -1.09. The Labute approximate surface area is 194 Å². The molecule has 0 bridgehead atoms. The molecular formula is C23H40NNaO3. The molecule has 1 rings (SSSR count). The number of aliphatic carboxylic acids is 1. The number of amides is 1. The standard InChI is InChI=1S/C23H41NO3.Na/c1-2-3-4-5-6-7-8-9-10-11-12-13-14-15-16-17-18-24-20-21(23(26)27)19-22(24)25;/h9-10,21H,2-8,11-20H2,1H3,(H,26,27);/q;+1/p-1/b10-9-;. The number of rotatable bonds is 17. The van der Waals surface area contributed by atoms with Crippen LogP contribution >= 0.6 is 0 Å². The average molecular weight is 402 g/mol. The van der Waals surface area contributed by atoms with Gasteiger partial charge in [-0.3, -0.25) is 4.79 Å². The van der Waals surface area contributed by atoms with Crippen molar-refractivity contribution in [1.29, 1.82) is 0 Å². The van der Waals surface area contributed by atoms with Crippen LogP contribution in [0.4, 0.5) is 0 Å². The van der Waals surface area contributed by atoms with Crippen molar-refractivity contribution in [3.05, 3.63) is 12.2 Å². The number of hydrogen-bond donors (Lipinski definition) is 0. The Bertz CT molecular complexity index is 440. The number of allylic oxidation sites excluding steroid dienone is 2. The molecule has 0 aromatic rings. The van der Waals surface area contributed by atoms with Crippen LogP contribution in [0.25, 0.3) is 0 Å². The molecule has 0 aromatic carbocycles. The molecule has 1 amide bonds. The number of hydrogen-bond acceptors (Lipinski definition) is 3. The zero-order valence-corrected chi connectivity index (χ0v) is 20.4. The van der Waals surface area contributed by atoms with Crippen LogP contribution in [-0.4, -0.2) is 29.9 Å². The summed E-state index contributed by atoms with van der Waals surface area (Å²) in [6.07, 6.45) is 22.6. The largest absolute Gasteiger partial charge is 1.00 e. The maximum Gasteiger partial charge on any atom is 1.00 e. The van der Waals surface area contributed by atoms with Gasteiger partial charge in [0.2, 0.25) is 5.91 Å². The molecule has 0 radical (unpaired) electrons. The number of carbonyl (C=O) groups excluding carboxylic acids is 2. The van der Waals surface area contributed by atoms with Crippen molar-refractivity contribution in [1.82, 2.24) is 4.90 Å². The summed E-state index contributed by atoms with van der Waals surface area (Å²) in [5, 5.41) is 10.8. The summed E-state index contributed by atoms with van der Waals surface area (Å²) < 4.78 is 0. The second kappa shape index (κ2) is 18.7. The molecule has 0 saturated carbocycles. The summed E-state index contributed by atoms with van der Waals surface area (Å²) in [7, 11) is 0. The van der Waals surface area contributed by atoms with Gasteiger partial charge in [-0.25, -0.2) is 0 Å². The Kier molecular flexibility index (Phi) is 18.5. The molecular weight excluding hydrogens is 361 g/mol. The minimum Gasteiger partial charge on any atom is -0.550 e. The van der Waals surface area contributed by atoms with Gasteiger partial charge >= 0.3 is 29.6 Å². The van der Waals surface area contributed by atoms with Gasteiger partial charge in [0.1, 0.15) is 0 Å². The molecule has 1 fully saturated rings. The van der Waals surface area contributed by atoms with Crippen LogP contribution in [0.1, 0.15) is 103 Å². The van der Waals surface area contributed by atoms with Gasteiger partial charge in [0.05, 0.1) is 0 Å². The number of nitrogens with zero attached hydrogens (tertiary/aromatic N) is 1. The fourth-order valence-corrected chi connectivity index (χ4v) is 3.70. The van der Waals surface area contributed by atoms with Crippen molar-refractivity contribution in [3.8, 4) is 0 Å². The molecule has 1 unspecified atom stereocenters. The zero-order chi connectivity index (χ0) is 19.7. The fourth-order valence-electron chi connectivity index (χ4n) is 3.70. The van der Waals surface area contributed by atoms with Crippen LogP contribution in [0.3, 0.4) is 0 Å². The molecule has 0 N–H and O–H groups in total. The molecule has 1 atom stereocenters. The number of carbonyl (C=O) groups is 2. The van der Waals surface area contributed by atoms with Gasteiger partial charge in [0, 0.05) is 31.4 Å². The van der Waals surface area contributed by atoms with E-state index in [2.05, 4.69) is 19.1 Å². The summed E-state index contributed by atoms with van der Waals surface area (Å²) in [6.45, 7) is 3.30. The number of carboxylic acids is 1. The van der Waals surface area contributed by atoms with Crippen molar-refractivity contribution in [2.24, 2.45) is 5.92 Å². The Morgan fingerprint density at radius 1 is 0.929 bits per heavy atom. The van der Waals surface area contributed by atoms with E-state index in [1.54, 1.807) is 4.90 Å². The molecule has 0 aromatic heterocycles. The third-order valence-electron chi connectivity index (χ3n) is 5.49. The third-order valence-corrected chi connectivity index (χ3v) is 5.49. The summed E-state index contributed by atoms with van der Waals surface area (Å²) >= 11 is 0. The van der Waals surface area contributed by atoms with E-state index in [1.165, 1.54) is 77.0 Å². The van der Waals surface area contributed by atoms with Crippen LogP contribution in [0.5, 0.6) is 0 Å². The molecule has 0 spiro atoms. The Morgan fingerprint density at radius 2 is 1.43 bits per heavy atom. The third kappa shape index (κ3) is 13.8. The van der Waals surface area contributed by atoms with E-state index in [-0.39, 0.29) is 41.9 Å². The monoisotopic (exact) mass is 401 g/mol. The van der Waals surface area contributed by atoms with Crippen molar-refractivity contribution in [2.45, 2.75) is 103 Å². The molecule has 1 aliphatic rings. The Balaban J connectivity index is 0.00000729. The Morgan fingerprint density at radius 3 is 1.93 bits per heavy atom. The first-order valence-electron chi connectivity index (χ1n) is 11.3. The first kappa shape index (κ1) is 27.7. The normalized spacial score (nSPS) is 16.7. The summed E-state index contributed by atoms with van der Waals surface area (Å²) in [5.74, 6) is -1.73. The quantitative estimate of drug-likeness (QED) is 0.211. The molecule has 1 heterocycles. The first-order chi connectivity index (χ1) is 13.1. The molecule has 5 heteroatoms. The SMILES string of the molecule is CCCCCCCC/C=C\CCCCCCCCN1CC(C(=O)[O-])CC1=O.[Na+]. The fraction of sp³-hybridized carbons (Fsp3) is 0.826. The first-order valence-corrected chi connectivity index (χ1v) is 11.3. The molecule has 1 saturated heterocycles. The van der Waals surface area contributed by atoms with Crippen molar-refractivity contribution in [2.75, 3.05) is 13.1 Å². The van der Waals surface area contributed by atoms with E-state index in [9.17, 15) is 14.7 Å². The summed E-state index contributed by atoms with van der Waals surface area (Å²) in [4.78, 5) is 24.2. The van der Waals surface area contributed by atoms with Crippen molar-refractivity contribution >= 4 is 11.9 Å².